The quantitative estimate of drug-likeness (QED) is 0.775. The van der Waals surface area contributed by atoms with E-state index < -0.39 is 11.5 Å². The van der Waals surface area contributed by atoms with Gasteiger partial charge in [0.05, 0.1) is 7.11 Å². The lowest BCUT2D eigenvalue weighted by atomic mass is 10.0. The highest BCUT2D eigenvalue weighted by molar-refractivity contribution is 5.97. The van der Waals surface area contributed by atoms with Crippen LogP contribution in [0.5, 0.6) is 0 Å². The van der Waals surface area contributed by atoms with Crippen molar-refractivity contribution in [2.75, 3.05) is 7.11 Å². The van der Waals surface area contributed by atoms with Gasteiger partial charge in [-0.15, -0.1) is 0 Å². The molecule has 0 fully saturated rings. The Bertz CT molecular complexity index is 438. The van der Waals surface area contributed by atoms with E-state index in [1.807, 2.05) is 0 Å². The molecule has 0 saturated heterocycles. The SMILES string of the molecule is COC(=O)C(C)(C)NC(=O)c1ccc(CN)cc1. The fraction of sp³-hybridized carbons (Fsp3) is 0.385. The molecule has 1 aromatic rings. The summed E-state index contributed by atoms with van der Waals surface area (Å²) in [5.41, 5.74) is 5.84. The minimum absolute atomic E-state index is 0.325. The molecule has 5 nitrogen and oxygen atoms in total. The Balaban J connectivity index is 2.78. The molecule has 0 unspecified atom stereocenters. The van der Waals surface area contributed by atoms with E-state index in [-0.39, 0.29) is 5.91 Å². The molecule has 0 atom stereocenters. The molecule has 0 aliphatic carbocycles. The topological polar surface area (TPSA) is 81.4 Å². The zero-order valence-corrected chi connectivity index (χ0v) is 10.8. The van der Waals surface area contributed by atoms with Gasteiger partial charge in [-0.3, -0.25) is 4.79 Å². The number of nitrogens with two attached hydrogens (primary N) is 1. The normalized spacial score (nSPS) is 10.9. The Morgan fingerprint density at radius 2 is 1.83 bits per heavy atom. The number of carbonyl (C=O) groups excluding carboxylic acids is 2. The molecule has 3 N–H and O–H groups in total. The summed E-state index contributed by atoms with van der Waals surface area (Å²) in [5, 5.41) is 2.62. The highest BCUT2D eigenvalue weighted by Gasteiger charge is 2.30. The number of benzene rings is 1. The lowest BCUT2D eigenvalue weighted by Gasteiger charge is -2.23. The Morgan fingerprint density at radius 3 is 2.28 bits per heavy atom. The van der Waals surface area contributed by atoms with Crippen LogP contribution < -0.4 is 11.1 Å². The first kappa shape index (κ1) is 14.2. The minimum Gasteiger partial charge on any atom is -0.467 e. The highest BCUT2D eigenvalue weighted by atomic mass is 16.5. The maximum absolute atomic E-state index is 11.9. The van der Waals surface area contributed by atoms with Gasteiger partial charge in [0.1, 0.15) is 5.54 Å². The first-order chi connectivity index (χ1) is 8.40. The van der Waals surface area contributed by atoms with Gasteiger partial charge in [0.25, 0.3) is 5.91 Å². The van der Waals surface area contributed by atoms with Gasteiger partial charge in [-0.1, -0.05) is 12.1 Å². The van der Waals surface area contributed by atoms with Crippen LogP contribution in [-0.4, -0.2) is 24.5 Å². The van der Waals surface area contributed by atoms with Crippen LogP contribution in [-0.2, 0) is 16.1 Å². The van der Waals surface area contributed by atoms with Crippen molar-refractivity contribution in [3.8, 4) is 0 Å². The van der Waals surface area contributed by atoms with Crippen molar-refractivity contribution in [2.45, 2.75) is 25.9 Å². The molecule has 1 rings (SSSR count). The maximum atomic E-state index is 11.9. The number of ether oxygens (including phenoxy) is 1. The van der Waals surface area contributed by atoms with E-state index in [0.29, 0.717) is 12.1 Å². The van der Waals surface area contributed by atoms with Gasteiger partial charge in [0.15, 0.2) is 0 Å². The monoisotopic (exact) mass is 250 g/mol. The van der Waals surface area contributed by atoms with Crippen molar-refractivity contribution < 1.29 is 14.3 Å². The molecular weight excluding hydrogens is 232 g/mol. The van der Waals surface area contributed by atoms with Crippen LogP contribution in [0.1, 0.15) is 29.8 Å². The van der Waals surface area contributed by atoms with E-state index in [1.54, 1.807) is 38.1 Å². The summed E-state index contributed by atoms with van der Waals surface area (Å²) in [6.07, 6.45) is 0. The van der Waals surface area contributed by atoms with Crippen molar-refractivity contribution in [3.63, 3.8) is 0 Å². The summed E-state index contributed by atoms with van der Waals surface area (Å²) < 4.78 is 4.62. The average molecular weight is 250 g/mol. The predicted octanol–water partition coefficient (Wildman–Crippen LogP) is 0.827. The van der Waals surface area contributed by atoms with Crippen LogP contribution in [0.4, 0.5) is 0 Å². The molecule has 0 bridgehead atoms. The minimum atomic E-state index is -1.06. The smallest absolute Gasteiger partial charge is 0.330 e. The van der Waals surface area contributed by atoms with Crippen molar-refractivity contribution in [1.82, 2.24) is 5.32 Å². The molecule has 0 aliphatic heterocycles. The van der Waals surface area contributed by atoms with Crippen LogP contribution in [0.3, 0.4) is 0 Å². The molecule has 0 spiro atoms. The number of hydrogen-bond donors (Lipinski definition) is 2. The van der Waals surface area contributed by atoms with Gasteiger partial charge in [-0.2, -0.15) is 0 Å². The van der Waals surface area contributed by atoms with Crippen molar-refractivity contribution in [1.29, 1.82) is 0 Å². The molecule has 18 heavy (non-hydrogen) atoms. The Morgan fingerprint density at radius 1 is 1.28 bits per heavy atom. The van der Waals surface area contributed by atoms with Crippen LogP contribution in [0, 0.1) is 0 Å². The Kier molecular flexibility index (Phi) is 4.44. The lowest BCUT2D eigenvalue weighted by molar-refractivity contribution is -0.146. The van der Waals surface area contributed by atoms with Gasteiger partial charge < -0.3 is 15.8 Å². The summed E-state index contributed by atoms with van der Waals surface area (Å²) in [7, 11) is 1.28. The summed E-state index contributed by atoms with van der Waals surface area (Å²) >= 11 is 0. The highest BCUT2D eigenvalue weighted by Crippen LogP contribution is 2.09. The molecule has 0 aliphatic rings. The van der Waals surface area contributed by atoms with Gasteiger partial charge in [-0.05, 0) is 31.5 Å². The molecular formula is C13H18N2O3. The van der Waals surface area contributed by atoms with E-state index in [9.17, 15) is 9.59 Å². The number of esters is 1. The maximum Gasteiger partial charge on any atom is 0.330 e. The zero-order valence-electron chi connectivity index (χ0n) is 10.8. The van der Waals surface area contributed by atoms with Gasteiger partial charge in [0, 0.05) is 12.1 Å². The predicted molar refractivity (Wildman–Crippen MR) is 67.9 cm³/mol. The number of amides is 1. The largest absolute Gasteiger partial charge is 0.467 e. The number of carbonyl (C=O) groups is 2. The van der Waals surface area contributed by atoms with Crippen molar-refractivity contribution in [2.24, 2.45) is 5.73 Å². The van der Waals surface area contributed by atoms with Crippen LogP contribution in [0.25, 0.3) is 0 Å². The third-order valence-corrected chi connectivity index (χ3v) is 2.57. The van der Waals surface area contributed by atoms with E-state index in [1.165, 1.54) is 7.11 Å². The first-order valence-electron chi connectivity index (χ1n) is 5.60. The van der Waals surface area contributed by atoms with Crippen molar-refractivity contribution in [3.05, 3.63) is 35.4 Å². The Labute approximate surface area is 106 Å². The summed E-state index contributed by atoms with van der Waals surface area (Å²) in [5.74, 6) is -0.816. The summed E-state index contributed by atoms with van der Waals surface area (Å²) in [6, 6.07) is 6.90. The van der Waals surface area contributed by atoms with E-state index in [4.69, 9.17) is 5.73 Å². The summed E-state index contributed by atoms with van der Waals surface area (Å²) in [6.45, 7) is 3.60. The zero-order chi connectivity index (χ0) is 13.8. The molecule has 98 valence electrons. The van der Waals surface area contributed by atoms with Gasteiger partial charge in [0.2, 0.25) is 0 Å². The molecule has 0 radical (unpaired) electrons. The third kappa shape index (κ3) is 3.30. The second kappa shape index (κ2) is 5.64. The molecule has 1 aromatic carbocycles. The third-order valence-electron chi connectivity index (χ3n) is 2.57. The Hall–Kier alpha value is -1.88. The van der Waals surface area contributed by atoms with Crippen molar-refractivity contribution >= 4 is 11.9 Å². The van der Waals surface area contributed by atoms with E-state index >= 15 is 0 Å². The van der Waals surface area contributed by atoms with Gasteiger partial charge >= 0.3 is 5.97 Å². The lowest BCUT2D eigenvalue weighted by Crippen LogP contribution is -2.50. The fourth-order valence-corrected chi connectivity index (χ4v) is 1.45. The molecule has 0 aromatic heterocycles. The molecule has 0 saturated carbocycles. The second-order valence-electron chi connectivity index (χ2n) is 4.47. The van der Waals surface area contributed by atoms with Gasteiger partial charge in [-0.25, -0.2) is 4.79 Å². The van der Waals surface area contributed by atoms with Crippen LogP contribution >= 0.6 is 0 Å². The number of nitrogens with one attached hydrogen (secondary N) is 1. The van der Waals surface area contributed by atoms with E-state index in [2.05, 4.69) is 10.1 Å². The number of rotatable bonds is 4. The fourth-order valence-electron chi connectivity index (χ4n) is 1.45. The first-order valence-corrected chi connectivity index (χ1v) is 5.60. The molecule has 0 heterocycles. The van der Waals surface area contributed by atoms with Crippen LogP contribution in [0.2, 0.25) is 0 Å². The summed E-state index contributed by atoms with van der Waals surface area (Å²) in [4.78, 5) is 23.4. The van der Waals surface area contributed by atoms with Crippen LogP contribution in [0.15, 0.2) is 24.3 Å². The average Bonchev–Trinajstić information content (AvgIpc) is 2.37. The number of hydrogen-bond acceptors (Lipinski definition) is 4. The van der Waals surface area contributed by atoms with E-state index in [0.717, 1.165) is 5.56 Å². The standard InChI is InChI=1S/C13H18N2O3/c1-13(2,12(17)18-3)15-11(16)10-6-4-9(8-14)5-7-10/h4-7H,8,14H2,1-3H3,(H,15,16). The number of methoxy groups -OCH3 is 1. The molecule has 1 amide bonds. The molecule has 5 heteroatoms. The second-order valence-corrected chi connectivity index (χ2v) is 4.47.